The number of fused-ring (bicyclic) bond motifs is 2. The summed E-state index contributed by atoms with van der Waals surface area (Å²) in [6.07, 6.45) is 2.23. The third-order valence-electron chi connectivity index (χ3n) is 9.61. The van der Waals surface area contributed by atoms with Crippen LogP contribution in [0, 0.1) is 0 Å². The highest BCUT2D eigenvalue weighted by molar-refractivity contribution is 6.05. The summed E-state index contributed by atoms with van der Waals surface area (Å²) in [6.45, 7) is 5.37. The molecule has 7 rings (SSSR count). The minimum Gasteiger partial charge on any atom is -0.497 e. The number of carbonyl (C=O) groups is 4. The monoisotopic (exact) mass is 599 g/mol. The van der Waals surface area contributed by atoms with Crippen molar-refractivity contribution in [2.45, 2.75) is 50.7 Å². The van der Waals surface area contributed by atoms with Crippen LogP contribution < -0.4 is 10.1 Å². The highest BCUT2D eigenvalue weighted by atomic mass is 16.5. The van der Waals surface area contributed by atoms with E-state index in [1.54, 1.807) is 12.0 Å². The Balaban J connectivity index is 1.05. The van der Waals surface area contributed by atoms with E-state index < -0.39 is 11.9 Å². The van der Waals surface area contributed by atoms with E-state index in [2.05, 4.69) is 21.3 Å². The van der Waals surface area contributed by atoms with Gasteiger partial charge in [-0.05, 0) is 54.5 Å². The van der Waals surface area contributed by atoms with Crippen molar-refractivity contribution in [3.63, 3.8) is 0 Å². The number of methoxy groups -OCH3 is 1. The first-order chi connectivity index (χ1) is 21.4. The molecule has 0 aliphatic carbocycles. The number of carbonyl (C=O) groups excluding carboxylic acids is 4. The quantitative estimate of drug-likeness (QED) is 0.418. The first kappa shape index (κ1) is 28.5. The highest BCUT2D eigenvalue weighted by Gasteiger charge is 2.39. The number of aromatic nitrogens is 1. The molecule has 1 aromatic heterocycles. The molecular weight excluding hydrogens is 562 g/mol. The number of amides is 4. The van der Waals surface area contributed by atoms with Gasteiger partial charge in [0.25, 0.3) is 11.8 Å². The van der Waals surface area contributed by atoms with Crippen LogP contribution in [0.2, 0.25) is 0 Å². The highest BCUT2D eigenvalue weighted by Crippen LogP contribution is 2.35. The summed E-state index contributed by atoms with van der Waals surface area (Å²) in [4.78, 5) is 60.4. The van der Waals surface area contributed by atoms with Gasteiger partial charge >= 0.3 is 0 Å². The fraction of sp³-hybridized carbons (Fsp3) is 0.455. The number of likely N-dealkylation sites (tertiary alicyclic amines) is 1. The van der Waals surface area contributed by atoms with Crippen molar-refractivity contribution < 1.29 is 28.7 Å². The molecule has 2 N–H and O–H groups in total. The summed E-state index contributed by atoms with van der Waals surface area (Å²) < 4.78 is 11.0. The number of hydrogen-bond acceptors (Lipinski definition) is 7. The second kappa shape index (κ2) is 11.7. The number of rotatable bonds is 6. The fourth-order valence-corrected chi connectivity index (χ4v) is 7.11. The fourth-order valence-electron chi connectivity index (χ4n) is 7.11. The number of H-pyrrole nitrogens is 1. The van der Waals surface area contributed by atoms with Crippen molar-refractivity contribution >= 4 is 34.5 Å². The maximum Gasteiger partial charge on any atom is 0.270 e. The molecule has 4 aliphatic heterocycles. The smallest absolute Gasteiger partial charge is 0.270 e. The van der Waals surface area contributed by atoms with Crippen LogP contribution in [-0.2, 0) is 27.4 Å². The van der Waals surface area contributed by atoms with Crippen molar-refractivity contribution in [3.8, 4) is 5.75 Å². The average molecular weight is 600 g/mol. The van der Waals surface area contributed by atoms with Crippen LogP contribution in [0.15, 0.2) is 36.4 Å². The van der Waals surface area contributed by atoms with E-state index in [0.29, 0.717) is 57.1 Å². The lowest BCUT2D eigenvalue weighted by Crippen LogP contribution is -2.52. The minimum absolute atomic E-state index is 0.0151. The molecule has 2 aromatic carbocycles. The Morgan fingerprint density at radius 3 is 2.55 bits per heavy atom. The van der Waals surface area contributed by atoms with Crippen LogP contribution in [0.25, 0.3) is 10.9 Å². The van der Waals surface area contributed by atoms with Gasteiger partial charge in [0.15, 0.2) is 0 Å². The van der Waals surface area contributed by atoms with E-state index >= 15 is 0 Å². The van der Waals surface area contributed by atoms with Gasteiger partial charge in [0.2, 0.25) is 11.8 Å². The lowest BCUT2D eigenvalue weighted by atomic mass is 9.87. The molecule has 11 heteroatoms. The predicted molar refractivity (Wildman–Crippen MR) is 161 cm³/mol. The number of piperidine rings is 2. The molecule has 3 fully saturated rings. The first-order valence-corrected chi connectivity index (χ1v) is 15.4. The maximum atomic E-state index is 14.0. The van der Waals surface area contributed by atoms with E-state index in [0.717, 1.165) is 59.3 Å². The lowest BCUT2D eigenvalue weighted by Gasteiger charge is -2.33. The molecule has 44 heavy (non-hydrogen) atoms. The molecule has 4 aliphatic rings. The Morgan fingerprint density at radius 2 is 1.80 bits per heavy atom. The number of morpholine rings is 1. The molecule has 230 valence electrons. The Bertz CT molecular complexity index is 1630. The van der Waals surface area contributed by atoms with Crippen molar-refractivity contribution in [1.82, 2.24) is 25.0 Å². The summed E-state index contributed by atoms with van der Waals surface area (Å²) in [6, 6.07) is 11.3. The number of aromatic amines is 1. The van der Waals surface area contributed by atoms with Crippen molar-refractivity contribution in [2.24, 2.45) is 0 Å². The van der Waals surface area contributed by atoms with E-state index in [4.69, 9.17) is 9.47 Å². The normalized spacial score (nSPS) is 21.6. The van der Waals surface area contributed by atoms with Gasteiger partial charge in [-0.1, -0.05) is 12.1 Å². The summed E-state index contributed by atoms with van der Waals surface area (Å²) in [5.74, 6) is 0.172. The Morgan fingerprint density at radius 1 is 1.00 bits per heavy atom. The van der Waals surface area contributed by atoms with E-state index in [9.17, 15) is 19.2 Å². The largest absolute Gasteiger partial charge is 0.497 e. The summed E-state index contributed by atoms with van der Waals surface area (Å²) in [5.41, 5.74) is 5.24. The molecule has 3 aromatic rings. The molecule has 1 unspecified atom stereocenters. The van der Waals surface area contributed by atoms with Gasteiger partial charge < -0.3 is 24.3 Å². The number of imide groups is 1. The molecular formula is C33H37N5O6. The van der Waals surface area contributed by atoms with E-state index in [1.165, 1.54) is 0 Å². The summed E-state index contributed by atoms with van der Waals surface area (Å²) in [5, 5.41) is 3.40. The van der Waals surface area contributed by atoms with Gasteiger partial charge in [0, 0.05) is 68.3 Å². The van der Waals surface area contributed by atoms with Crippen molar-refractivity contribution in [1.29, 1.82) is 0 Å². The second-order valence-electron chi connectivity index (χ2n) is 12.2. The second-order valence-corrected chi connectivity index (χ2v) is 12.2. The molecule has 4 amide bonds. The number of hydrogen-bond donors (Lipinski definition) is 2. The molecule has 0 bridgehead atoms. The van der Waals surface area contributed by atoms with Crippen LogP contribution in [0.4, 0.5) is 0 Å². The maximum absolute atomic E-state index is 14.0. The Kier molecular flexibility index (Phi) is 7.59. The zero-order valence-corrected chi connectivity index (χ0v) is 24.9. The third-order valence-corrected chi connectivity index (χ3v) is 9.61. The topological polar surface area (TPSA) is 124 Å². The minimum atomic E-state index is -0.621. The van der Waals surface area contributed by atoms with E-state index in [-0.39, 0.29) is 30.1 Å². The van der Waals surface area contributed by atoms with Crippen molar-refractivity contribution in [2.75, 3.05) is 46.5 Å². The summed E-state index contributed by atoms with van der Waals surface area (Å²) in [7, 11) is 1.64. The number of nitrogens with one attached hydrogen (secondary N) is 2. The summed E-state index contributed by atoms with van der Waals surface area (Å²) >= 11 is 0. The molecule has 0 radical (unpaired) electrons. The van der Waals surface area contributed by atoms with Crippen LogP contribution in [0.3, 0.4) is 0 Å². The lowest BCUT2D eigenvalue weighted by molar-refractivity contribution is -0.136. The number of ether oxygens (including phenoxy) is 2. The van der Waals surface area contributed by atoms with Gasteiger partial charge in [-0.2, -0.15) is 0 Å². The zero-order valence-electron chi connectivity index (χ0n) is 24.9. The van der Waals surface area contributed by atoms with Gasteiger partial charge in [0.1, 0.15) is 17.5 Å². The van der Waals surface area contributed by atoms with Crippen LogP contribution in [0.5, 0.6) is 5.75 Å². The van der Waals surface area contributed by atoms with Gasteiger partial charge in [-0.15, -0.1) is 0 Å². The Labute approximate surface area is 255 Å². The SMILES string of the molecule is COc1ccc2c(CN3CCOCC3)c(C(=O)N3CCC(c4ccc5c(c4)CN(C4CCC(=O)NC4=O)C5=O)CC3)[nH]c2c1. The molecule has 1 atom stereocenters. The molecule has 0 spiro atoms. The molecule has 0 saturated carbocycles. The van der Waals surface area contributed by atoms with Gasteiger partial charge in [0.05, 0.1) is 25.8 Å². The Hall–Kier alpha value is -4.22. The van der Waals surface area contributed by atoms with Gasteiger partial charge in [-0.25, -0.2) is 0 Å². The van der Waals surface area contributed by atoms with Crippen molar-refractivity contribution in [3.05, 3.63) is 64.3 Å². The number of benzene rings is 2. The van der Waals surface area contributed by atoms with Gasteiger partial charge in [-0.3, -0.25) is 29.4 Å². The number of nitrogens with zero attached hydrogens (tertiary/aromatic N) is 3. The zero-order chi connectivity index (χ0) is 30.4. The van der Waals surface area contributed by atoms with E-state index in [1.807, 2.05) is 35.2 Å². The molecule has 11 nitrogen and oxygen atoms in total. The standard InChI is InChI=1S/C33H37N5O6/c1-43-23-3-5-25-26(19-36-12-14-44-15-13-36)30(34-27(25)17-23)33(42)37-10-8-20(9-11-37)21-2-4-24-22(16-21)18-38(32(24)41)28-6-7-29(39)35-31(28)40/h2-5,16-17,20,28,34H,6-15,18-19H2,1H3,(H,35,39,40). The first-order valence-electron chi connectivity index (χ1n) is 15.4. The predicted octanol–water partition coefficient (Wildman–Crippen LogP) is 2.79. The molecule has 5 heterocycles. The van der Waals surface area contributed by atoms with Crippen LogP contribution in [0.1, 0.15) is 69.1 Å². The third kappa shape index (κ3) is 5.24. The average Bonchev–Trinajstić information content (AvgIpc) is 3.57. The van der Waals surface area contributed by atoms with Crippen LogP contribution in [-0.4, -0.2) is 95.9 Å². The molecule has 3 saturated heterocycles. The van der Waals surface area contributed by atoms with Crippen LogP contribution >= 0.6 is 0 Å².